The summed E-state index contributed by atoms with van der Waals surface area (Å²) in [6.07, 6.45) is 1.03. The molecule has 0 unspecified atom stereocenters. The molecular formula is C18H26N2O. The summed E-state index contributed by atoms with van der Waals surface area (Å²) >= 11 is 0. The second-order valence-corrected chi connectivity index (χ2v) is 7.34. The van der Waals surface area contributed by atoms with E-state index in [1.165, 1.54) is 5.56 Å². The van der Waals surface area contributed by atoms with Crippen molar-refractivity contribution in [1.29, 1.82) is 0 Å². The number of rotatable bonds is 2. The molecule has 114 valence electrons. The second kappa shape index (κ2) is 5.45. The van der Waals surface area contributed by atoms with Crippen molar-refractivity contribution in [1.82, 2.24) is 9.80 Å². The van der Waals surface area contributed by atoms with E-state index < -0.39 is 0 Å². The molecule has 2 aliphatic rings. The summed E-state index contributed by atoms with van der Waals surface area (Å²) in [5.74, 6) is 1.06. The van der Waals surface area contributed by atoms with Crippen LogP contribution in [0.2, 0.25) is 0 Å². The summed E-state index contributed by atoms with van der Waals surface area (Å²) < 4.78 is 0. The third-order valence-electron chi connectivity index (χ3n) is 4.88. The van der Waals surface area contributed by atoms with Gasteiger partial charge < -0.3 is 4.90 Å². The topological polar surface area (TPSA) is 23.6 Å². The maximum Gasteiger partial charge on any atom is 0.226 e. The largest absolute Gasteiger partial charge is 0.340 e. The van der Waals surface area contributed by atoms with Crippen molar-refractivity contribution in [2.75, 3.05) is 26.2 Å². The molecule has 1 aliphatic heterocycles. The van der Waals surface area contributed by atoms with Gasteiger partial charge in [-0.3, -0.25) is 9.69 Å². The molecule has 0 bridgehead atoms. The molecule has 1 aromatic rings. The summed E-state index contributed by atoms with van der Waals surface area (Å²) in [5, 5.41) is 0. The van der Waals surface area contributed by atoms with E-state index in [-0.39, 0.29) is 11.5 Å². The summed E-state index contributed by atoms with van der Waals surface area (Å²) in [5.41, 5.74) is 1.53. The Hall–Kier alpha value is -1.35. The van der Waals surface area contributed by atoms with Crippen LogP contribution in [0.25, 0.3) is 0 Å². The lowest BCUT2D eigenvalue weighted by Gasteiger charge is -2.42. The van der Waals surface area contributed by atoms with E-state index in [2.05, 4.69) is 54.8 Å². The van der Waals surface area contributed by atoms with E-state index in [9.17, 15) is 4.79 Å². The molecule has 1 aliphatic carbocycles. The minimum absolute atomic E-state index is 0.210. The minimum Gasteiger partial charge on any atom is -0.340 e. The predicted octanol–water partition coefficient (Wildman–Crippen LogP) is 2.73. The zero-order chi connectivity index (χ0) is 15.0. The molecule has 3 heteroatoms. The molecule has 3 nitrogen and oxygen atoms in total. The van der Waals surface area contributed by atoms with Crippen molar-refractivity contribution in [2.24, 2.45) is 5.92 Å². The van der Waals surface area contributed by atoms with Gasteiger partial charge in [-0.05, 0) is 38.7 Å². The monoisotopic (exact) mass is 286 g/mol. The van der Waals surface area contributed by atoms with E-state index in [1.807, 2.05) is 6.07 Å². The summed E-state index contributed by atoms with van der Waals surface area (Å²) in [7, 11) is 0. The van der Waals surface area contributed by atoms with Crippen molar-refractivity contribution >= 4 is 5.91 Å². The van der Waals surface area contributed by atoms with Gasteiger partial charge >= 0.3 is 0 Å². The van der Waals surface area contributed by atoms with E-state index >= 15 is 0 Å². The first-order valence-corrected chi connectivity index (χ1v) is 8.05. The first kappa shape index (κ1) is 14.6. The van der Waals surface area contributed by atoms with Crippen molar-refractivity contribution in [2.45, 2.75) is 38.6 Å². The molecular weight excluding hydrogens is 260 g/mol. The Morgan fingerprint density at radius 3 is 2.24 bits per heavy atom. The molecule has 0 spiro atoms. The lowest BCUT2D eigenvalue weighted by atomic mass is 10.0. The predicted molar refractivity (Wildman–Crippen MR) is 85.2 cm³/mol. The highest BCUT2D eigenvalue weighted by Crippen LogP contribution is 2.48. The molecule has 2 fully saturated rings. The van der Waals surface area contributed by atoms with Crippen molar-refractivity contribution in [3.8, 4) is 0 Å². The molecule has 0 aromatic heterocycles. The Kier molecular flexibility index (Phi) is 3.78. The number of nitrogens with zero attached hydrogens (tertiary/aromatic N) is 2. The molecule has 1 saturated carbocycles. The second-order valence-electron chi connectivity index (χ2n) is 7.34. The lowest BCUT2D eigenvalue weighted by Crippen LogP contribution is -2.55. The van der Waals surface area contributed by atoms with Gasteiger partial charge in [0.2, 0.25) is 5.91 Å². The van der Waals surface area contributed by atoms with Gasteiger partial charge in [-0.15, -0.1) is 0 Å². The Labute approximate surface area is 127 Å². The Bertz CT molecular complexity index is 498. The average Bonchev–Trinajstić information content (AvgIpc) is 3.27. The maximum atomic E-state index is 12.6. The van der Waals surface area contributed by atoms with Crippen molar-refractivity contribution < 1.29 is 4.79 Å². The number of piperazine rings is 1. The van der Waals surface area contributed by atoms with Crippen LogP contribution in [-0.4, -0.2) is 47.4 Å². The Morgan fingerprint density at radius 1 is 1.05 bits per heavy atom. The highest BCUT2D eigenvalue weighted by molar-refractivity contribution is 5.83. The number of carbonyl (C=O) groups is 1. The summed E-state index contributed by atoms with van der Waals surface area (Å²) in [6, 6.07) is 10.5. The highest BCUT2D eigenvalue weighted by Gasteiger charge is 2.46. The van der Waals surface area contributed by atoms with Crippen LogP contribution in [0, 0.1) is 5.92 Å². The molecule has 3 rings (SSSR count). The van der Waals surface area contributed by atoms with E-state index in [0.717, 1.165) is 32.6 Å². The van der Waals surface area contributed by atoms with Gasteiger partial charge in [0.25, 0.3) is 0 Å². The number of hydrogen-bond acceptors (Lipinski definition) is 2. The Morgan fingerprint density at radius 2 is 1.67 bits per heavy atom. The van der Waals surface area contributed by atoms with Crippen LogP contribution < -0.4 is 0 Å². The summed E-state index contributed by atoms with van der Waals surface area (Å²) in [4.78, 5) is 17.2. The van der Waals surface area contributed by atoms with Crippen LogP contribution in [0.15, 0.2) is 30.3 Å². The van der Waals surface area contributed by atoms with Crippen molar-refractivity contribution in [3.63, 3.8) is 0 Å². The van der Waals surface area contributed by atoms with Gasteiger partial charge in [-0.2, -0.15) is 0 Å². The van der Waals surface area contributed by atoms with Gasteiger partial charge in [-0.1, -0.05) is 30.3 Å². The number of carbonyl (C=O) groups excluding carboxylic acids is 1. The van der Waals surface area contributed by atoms with Crippen LogP contribution in [0.3, 0.4) is 0 Å². The van der Waals surface area contributed by atoms with E-state index in [0.29, 0.717) is 11.8 Å². The average molecular weight is 286 g/mol. The van der Waals surface area contributed by atoms with E-state index in [4.69, 9.17) is 0 Å². The standard InChI is InChI=1S/C18H26N2O/c1-18(2,3)20-11-9-19(10-12-20)17(21)16-13-15(16)14-7-5-4-6-8-14/h4-8,15-16H,9-13H2,1-3H3/t15-,16+/m1/s1. The summed E-state index contributed by atoms with van der Waals surface area (Å²) in [6.45, 7) is 10.5. The van der Waals surface area contributed by atoms with Crippen LogP contribution in [-0.2, 0) is 4.79 Å². The lowest BCUT2D eigenvalue weighted by molar-refractivity contribution is -0.135. The molecule has 21 heavy (non-hydrogen) atoms. The fourth-order valence-corrected chi connectivity index (χ4v) is 3.37. The molecule has 0 N–H and O–H groups in total. The van der Waals surface area contributed by atoms with Crippen LogP contribution in [0.5, 0.6) is 0 Å². The number of benzene rings is 1. The number of hydrogen-bond donors (Lipinski definition) is 0. The van der Waals surface area contributed by atoms with Gasteiger partial charge in [-0.25, -0.2) is 0 Å². The molecule has 2 atom stereocenters. The van der Waals surface area contributed by atoms with Crippen LogP contribution in [0.1, 0.15) is 38.7 Å². The first-order chi connectivity index (χ1) is 9.97. The molecule has 1 heterocycles. The zero-order valence-corrected chi connectivity index (χ0v) is 13.4. The van der Waals surface area contributed by atoms with Gasteiger partial charge in [0.05, 0.1) is 0 Å². The quantitative estimate of drug-likeness (QED) is 0.834. The molecule has 0 radical (unpaired) electrons. The normalized spacial score (nSPS) is 26.7. The fourth-order valence-electron chi connectivity index (χ4n) is 3.37. The third-order valence-corrected chi connectivity index (χ3v) is 4.88. The van der Waals surface area contributed by atoms with Crippen LogP contribution >= 0.6 is 0 Å². The molecule has 1 amide bonds. The maximum absolute atomic E-state index is 12.6. The fraction of sp³-hybridized carbons (Fsp3) is 0.611. The molecule has 1 aromatic carbocycles. The Balaban J connectivity index is 1.54. The van der Waals surface area contributed by atoms with Gasteiger partial charge in [0.15, 0.2) is 0 Å². The van der Waals surface area contributed by atoms with E-state index in [1.54, 1.807) is 0 Å². The van der Waals surface area contributed by atoms with Crippen molar-refractivity contribution in [3.05, 3.63) is 35.9 Å². The smallest absolute Gasteiger partial charge is 0.226 e. The van der Waals surface area contributed by atoms with Gasteiger partial charge in [0, 0.05) is 37.6 Å². The zero-order valence-electron chi connectivity index (χ0n) is 13.4. The third kappa shape index (κ3) is 3.13. The molecule has 1 saturated heterocycles. The van der Waals surface area contributed by atoms with Gasteiger partial charge in [0.1, 0.15) is 0 Å². The number of amides is 1. The van der Waals surface area contributed by atoms with Crippen LogP contribution in [0.4, 0.5) is 0 Å². The highest BCUT2D eigenvalue weighted by atomic mass is 16.2. The minimum atomic E-state index is 0.210. The first-order valence-electron chi connectivity index (χ1n) is 8.05. The SMILES string of the molecule is CC(C)(C)N1CCN(C(=O)[C@H]2C[C@@H]2c2ccccc2)CC1.